The van der Waals surface area contributed by atoms with Gasteiger partial charge in [0.25, 0.3) is 0 Å². The fourth-order valence-corrected chi connectivity index (χ4v) is 2.10. The average Bonchev–Trinajstić information content (AvgIpc) is 1.94. The summed E-state index contributed by atoms with van der Waals surface area (Å²) in [6.07, 6.45) is 5.77. The molecule has 0 aromatic heterocycles. The average molecular weight is 194 g/mol. The van der Waals surface area contributed by atoms with Gasteiger partial charge in [0.2, 0.25) is 0 Å². The largest absolute Gasteiger partial charge is 0.314 e. The molecule has 0 aromatic rings. The lowest BCUT2D eigenvalue weighted by atomic mass is 9.92. The van der Waals surface area contributed by atoms with Crippen LogP contribution < -0.4 is 5.32 Å². The van der Waals surface area contributed by atoms with Crippen molar-refractivity contribution in [2.75, 3.05) is 18.6 Å². The predicted molar refractivity (Wildman–Crippen MR) is 53.7 cm³/mol. The van der Waals surface area contributed by atoms with Crippen LogP contribution in [0.1, 0.15) is 19.3 Å². The Balaban J connectivity index is 1.81. The van der Waals surface area contributed by atoms with Crippen LogP contribution in [0.2, 0.25) is 0 Å². The van der Waals surface area contributed by atoms with Gasteiger partial charge in [0.15, 0.2) is 0 Å². The van der Waals surface area contributed by atoms with Crippen molar-refractivity contribution < 1.29 is 0 Å². The summed E-state index contributed by atoms with van der Waals surface area (Å²) in [5.41, 5.74) is 0. The quantitative estimate of drug-likeness (QED) is 0.530. The Bertz CT molecular complexity index is 104. The Labute approximate surface area is 78.3 Å². The first-order valence-electron chi connectivity index (χ1n) is 4.19. The molecule has 0 unspecified atom stereocenters. The Morgan fingerprint density at radius 2 is 2.27 bits per heavy atom. The Kier molecular flexibility index (Phi) is 4.65. The van der Waals surface area contributed by atoms with Gasteiger partial charge in [0, 0.05) is 11.4 Å². The summed E-state index contributed by atoms with van der Waals surface area (Å²) in [5.74, 6) is 1.27. The van der Waals surface area contributed by atoms with Gasteiger partial charge in [-0.15, -0.1) is 11.6 Å². The molecule has 0 heterocycles. The summed E-state index contributed by atoms with van der Waals surface area (Å²) in [4.78, 5) is 0. The minimum absolute atomic E-state index is 0.452. The number of nitrogens with one attached hydrogen (secondary N) is 1. The smallest absolute Gasteiger partial charge is 0.0365 e. The van der Waals surface area contributed by atoms with Gasteiger partial charge in [0.1, 0.15) is 0 Å². The first-order valence-corrected chi connectivity index (χ1v) is 6.02. The maximum Gasteiger partial charge on any atom is 0.0365 e. The molecule has 0 bridgehead atoms. The first kappa shape index (κ1) is 9.69. The van der Waals surface area contributed by atoms with Crippen LogP contribution in [0.5, 0.6) is 0 Å². The molecule has 0 aliphatic heterocycles. The maximum atomic E-state index is 5.84. The van der Waals surface area contributed by atoms with E-state index in [-0.39, 0.29) is 0 Å². The molecule has 1 aliphatic carbocycles. The molecule has 1 nitrogen and oxygen atoms in total. The summed E-state index contributed by atoms with van der Waals surface area (Å²) in [6, 6.07) is 0.722. The summed E-state index contributed by atoms with van der Waals surface area (Å²) < 4.78 is 0. The zero-order chi connectivity index (χ0) is 8.10. The van der Waals surface area contributed by atoms with Crippen molar-refractivity contribution in [3.05, 3.63) is 0 Å². The zero-order valence-corrected chi connectivity index (χ0v) is 8.55. The molecule has 0 saturated heterocycles. The summed E-state index contributed by atoms with van der Waals surface area (Å²) in [7, 11) is 0. The highest BCUT2D eigenvalue weighted by Gasteiger charge is 2.25. The molecule has 1 aliphatic rings. The van der Waals surface area contributed by atoms with E-state index in [0.29, 0.717) is 5.38 Å². The van der Waals surface area contributed by atoms with E-state index < -0.39 is 0 Å². The molecule has 0 aromatic carbocycles. The highest BCUT2D eigenvalue weighted by atomic mass is 35.5. The van der Waals surface area contributed by atoms with Crippen LogP contribution in [0.3, 0.4) is 0 Å². The van der Waals surface area contributed by atoms with Gasteiger partial charge in [-0.1, -0.05) is 0 Å². The van der Waals surface area contributed by atoms with Gasteiger partial charge in [0.05, 0.1) is 0 Å². The molecule has 0 spiro atoms. The zero-order valence-electron chi connectivity index (χ0n) is 6.98. The molecule has 3 heteroatoms. The number of halogens is 1. The van der Waals surface area contributed by atoms with Crippen molar-refractivity contribution in [2.45, 2.75) is 30.7 Å². The van der Waals surface area contributed by atoms with Gasteiger partial charge in [-0.2, -0.15) is 11.8 Å². The normalized spacial score (nSPS) is 30.0. The second-order valence-electron chi connectivity index (χ2n) is 3.07. The molecule has 0 amide bonds. The van der Waals surface area contributed by atoms with Crippen LogP contribution in [0.25, 0.3) is 0 Å². The van der Waals surface area contributed by atoms with Crippen molar-refractivity contribution >= 4 is 23.4 Å². The molecule has 0 radical (unpaired) electrons. The second kappa shape index (κ2) is 5.28. The highest BCUT2D eigenvalue weighted by Crippen LogP contribution is 2.24. The third kappa shape index (κ3) is 3.68. The standard InChI is InChI=1S/C8H16ClNS/c1-11-4-2-3-10-8-5-7(9)6-8/h7-8,10H,2-6H2,1H3. The van der Waals surface area contributed by atoms with Crippen molar-refractivity contribution in [1.82, 2.24) is 5.32 Å². The predicted octanol–water partition coefficient (Wildman–Crippen LogP) is 2.10. The minimum atomic E-state index is 0.452. The lowest BCUT2D eigenvalue weighted by molar-refractivity contribution is 0.348. The highest BCUT2D eigenvalue weighted by molar-refractivity contribution is 7.98. The Morgan fingerprint density at radius 1 is 1.55 bits per heavy atom. The minimum Gasteiger partial charge on any atom is -0.314 e. The lowest BCUT2D eigenvalue weighted by Crippen LogP contribution is -2.42. The Morgan fingerprint density at radius 3 is 2.82 bits per heavy atom. The van der Waals surface area contributed by atoms with E-state index in [4.69, 9.17) is 11.6 Å². The molecule has 1 rings (SSSR count). The lowest BCUT2D eigenvalue weighted by Gasteiger charge is -2.31. The molecule has 66 valence electrons. The fourth-order valence-electron chi connectivity index (χ4n) is 1.24. The molecular weight excluding hydrogens is 178 g/mol. The maximum absolute atomic E-state index is 5.84. The van der Waals surface area contributed by atoms with Gasteiger partial charge in [-0.3, -0.25) is 0 Å². The molecule has 0 atom stereocenters. The number of hydrogen-bond donors (Lipinski definition) is 1. The van der Waals surface area contributed by atoms with E-state index in [1.54, 1.807) is 0 Å². The van der Waals surface area contributed by atoms with E-state index in [0.717, 1.165) is 12.6 Å². The van der Waals surface area contributed by atoms with Gasteiger partial charge >= 0.3 is 0 Å². The van der Waals surface area contributed by atoms with Gasteiger partial charge in [-0.25, -0.2) is 0 Å². The van der Waals surface area contributed by atoms with E-state index in [9.17, 15) is 0 Å². The molecule has 1 saturated carbocycles. The van der Waals surface area contributed by atoms with Crippen LogP contribution >= 0.6 is 23.4 Å². The third-order valence-corrected chi connectivity index (χ3v) is 3.09. The number of hydrogen-bond acceptors (Lipinski definition) is 2. The van der Waals surface area contributed by atoms with Crippen LogP contribution in [-0.4, -0.2) is 30.0 Å². The molecule has 11 heavy (non-hydrogen) atoms. The summed E-state index contributed by atoms with van der Waals surface area (Å²) >= 11 is 7.75. The monoisotopic (exact) mass is 193 g/mol. The molecule has 1 fully saturated rings. The van der Waals surface area contributed by atoms with E-state index in [2.05, 4.69) is 11.6 Å². The summed E-state index contributed by atoms with van der Waals surface area (Å²) in [5, 5.41) is 3.94. The first-order chi connectivity index (χ1) is 5.33. The van der Waals surface area contributed by atoms with Crippen molar-refractivity contribution in [3.63, 3.8) is 0 Å². The fraction of sp³-hybridized carbons (Fsp3) is 1.00. The van der Waals surface area contributed by atoms with Crippen LogP contribution in [0, 0.1) is 0 Å². The molecule has 1 N–H and O–H groups in total. The van der Waals surface area contributed by atoms with E-state index in [1.165, 1.54) is 25.0 Å². The van der Waals surface area contributed by atoms with E-state index >= 15 is 0 Å². The van der Waals surface area contributed by atoms with Crippen molar-refractivity contribution in [2.24, 2.45) is 0 Å². The van der Waals surface area contributed by atoms with Gasteiger partial charge in [-0.05, 0) is 37.8 Å². The van der Waals surface area contributed by atoms with Crippen LogP contribution in [0.15, 0.2) is 0 Å². The van der Waals surface area contributed by atoms with Crippen LogP contribution in [-0.2, 0) is 0 Å². The van der Waals surface area contributed by atoms with Crippen molar-refractivity contribution in [3.8, 4) is 0 Å². The number of thioether (sulfide) groups is 1. The SMILES string of the molecule is CSCCCNC1CC(Cl)C1. The number of alkyl halides is 1. The van der Waals surface area contributed by atoms with Crippen LogP contribution in [0.4, 0.5) is 0 Å². The third-order valence-electron chi connectivity index (χ3n) is 2.04. The number of rotatable bonds is 5. The molecular formula is C8H16ClNS. The topological polar surface area (TPSA) is 12.0 Å². The van der Waals surface area contributed by atoms with Gasteiger partial charge < -0.3 is 5.32 Å². The van der Waals surface area contributed by atoms with E-state index in [1.807, 2.05) is 11.8 Å². The van der Waals surface area contributed by atoms with Crippen molar-refractivity contribution in [1.29, 1.82) is 0 Å². The summed E-state index contributed by atoms with van der Waals surface area (Å²) in [6.45, 7) is 1.16. The second-order valence-corrected chi connectivity index (χ2v) is 4.67. The Hall–Kier alpha value is 0.600.